The fourth-order valence-corrected chi connectivity index (χ4v) is 4.12. The molecule has 2 aromatic rings. The molecule has 1 aromatic carbocycles. The van der Waals surface area contributed by atoms with Gasteiger partial charge in [-0.2, -0.15) is 9.57 Å². The van der Waals surface area contributed by atoms with Crippen LogP contribution in [0.15, 0.2) is 41.4 Å². The second kappa shape index (κ2) is 8.70. The van der Waals surface area contributed by atoms with Gasteiger partial charge in [0.1, 0.15) is 22.4 Å². The number of benzene rings is 1. The lowest BCUT2D eigenvalue weighted by Gasteiger charge is -2.17. The van der Waals surface area contributed by atoms with E-state index in [0.717, 1.165) is 0 Å². The van der Waals surface area contributed by atoms with Crippen LogP contribution in [0.3, 0.4) is 0 Å². The van der Waals surface area contributed by atoms with Gasteiger partial charge >= 0.3 is 0 Å². The number of sulfonamides is 1. The van der Waals surface area contributed by atoms with Crippen molar-refractivity contribution in [2.45, 2.75) is 18.7 Å². The summed E-state index contributed by atoms with van der Waals surface area (Å²) in [6.45, 7) is 4.13. The molecule has 9 heteroatoms. The molecular formula is C18H22N4O4S. The molecule has 1 amide bonds. The minimum absolute atomic E-state index is 0.0740. The smallest absolute Gasteiger partial charge is 0.272 e. The van der Waals surface area contributed by atoms with E-state index in [-0.39, 0.29) is 17.2 Å². The summed E-state index contributed by atoms with van der Waals surface area (Å²) in [7, 11) is -2.03. The Morgan fingerprint density at radius 1 is 1.30 bits per heavy atom. The van der Waals surface area contributed by atoms with E-state index in [9.17, 15) is 13.2 Å². The Labute approximate surface area is 159 Å². The largest absolute Gasteiger partial charge is 0.479 e. The number of carbonyl (C=O) groups excluding carboxylic acids is 1. The van der Waals surface area contributed by atoms with E-state index in [1.165, 1.54) is 21.1 Å². The zero-order valence-electron chi connectivity index (χ0n) is 15.5. The molecule has 0 spiro atoms. The third-order valence-corrected chi connectivity index (χ3v) is 5.97. The van der Waals surface area contributed by atoms with Crippen LogP contribution in [0, 0.1) is 11.3 Å². The van der Waals surface area contributed by atoms with Crippen LogP contribution in [-0.4, -0.2) is 42.9 Å². The second-order valence-electron chi connectivity index (χ2n) is 5.69. The van der Waals surface area contributed by atoms with Gasteiger partial charge < -0.3 is 14.6 Å². The number of nitrogens with one attached hydrogen (secondary N) is 1. The predicted octanol–water partition coefficient (Wildman–Crippen LogP) is 2.21. The number of nitrogens with zero attached hydrogens (tertiary/aromatic N) is 3. The molecule has 8 nitrogen and oxygen atoms in total. The molecule has 0 aliphatic heterocycles. The fourth-order valence-electron chi connectivity index (χ4n) is 2.59. The third-order valence-electron chi connectivity index (χ3n) is 3.95. The second-order valence-corrected chi connectivity index (χ2v) is 7.63. The quantitative estimate of drug-likeness (QED) is 0.744. The highest BCUT2D eigenvalue weighted by molar-refractivity contribution is 7.89. The van der Waals surface area contributed by atoms with Gasteiger partial charge in [0.15, 0.2) is 6.61 Å². The monoisotopic (exact) mass is 390 g/mol. The van der Waals surface area contributed by atoms with Gasteiger partial charge in [0.05, 0.1) is 0 Å². The molecule has 1 heterocycles. The number of hydrogen-bond donors (Lipinski definition) is 1. The first-order valence-corrected chi connectivity index (χ1v) is 9.85. The third kappa shape index (κ3) is 4.67. The minimum atomic E-state index is -3.64. The lowest BCUT2D eigenvalue weighted by atomic mass is 10.3. The van der Waals surface area contributed by atoms with Crippen molar-refractivity contribution in [3.8, 4) is 11.8 Å². The Morgan fingerprint density at radius 2 is 2.00 bits per heavy atom. The highest BCUT2D eigenvalue weighted by atomic mass is 32.2. The summed E-state index contributed by atoms with van der Waals surface area (Å²) >= 11 is 0. The van der Waals surface area contributed by atoms with Crippen molar-refractivity contribution in [2.75, 3.05) is 25.0 Å². The molecule has 0 aliphatic rings. The standard InChI is InChI=1S/C18H22N4O4S/c1-4-22(5-2)27(24,25)16-12-17(21(3)13-16)18(23)20-14-7-6-8-15(11-14)26-10-9-19/h6-8,11-13H,4-5,10H2,1-3H3,(H,20,23). The van der Waals surface area contributed by atoms with Crippen LogP contribution in [0.2, 0.25) is 0 Å². The number of hydrogen-bond acceptors (Lipinski definition) is 5. The first-order chi connectivity index (χ1) is 12.8. The number of aryl methyl sites for hydroxylation is 1. The van der Waals surface area contributed by atoms with Gasteiger partial charge in [0, 0.05) is 38.1 Å². The lowest BCUT2D eigenvalue weighted by Crippen LogP contribution is -2.30. The molecule has 27 heavy (non-hydrogen) atoms. The maximum atomic E-state index is 12.6. The maximum absolute atomic E-state index is 12.6. The Bertz CT molecular complexity index is 956. The molecule has 0 radical (unpaired) electrons. The van der Waals surface area contributed by atoms with E-state index < -0.39 is 15.9 Å². The number of ether oxygens (including phenoxy) is 1. The van der Waals surface area contributed by atoms with Crippen LogP contribution >= 0.6 is 0 Å². The Morgan fingerprint density at radius 3 is 2.63 bits per heavy atom. The number of rotatable bonds is 8. The summed E-state index contributed by atoms with van der Waals surface area (Å²) in [5.41, 5.74) is 0.689. The summed E-state index contributed by atoms with van der Waals surface area (Å²) in [5, 5.41) is 11.3. The molecule has 1 aromatic heterocycles. The SMILES string of the molecule is CCN(CC)S(=O)(=O)c1cc(C(=O)Nc2cccc(OCC#N)c2)n(C)c1. The van der Waals surface area contributed by atoms with Gasteiger partial charge in [0.25, 0.3) is 5.91 Å². The molecular weight excluding hydrogens is 368 g/mol. The lowest BCUT2D eigenvalue weighted by molar-refractivity contribution is 0.101. The molecule has 2 rings (SSSR count). The van der Waals surface area contributed by atoms with Crippen LogP contribution in [0.1, 0.15) is 24.3 Å². The molecule has 1 N–H and O–H groups in total. The first kappa shape index (κ1) is 20.5. The maximum Gasteiger partial charge on any atom is 0.272 e. The molecule has 0 unspecified atom stereocenters. The number of anilines is 1. The number of nitriles is 1. The Balaban J connectivity index is 2.23. The normalized spacial score (nSPS) is 11.2. The predicted molar refractivity (Wildman–Crippen MR) is 101 cm³/mol. The van der Waals surface area contributed by atoms with Gasteiger partial charge in [-0.05, 0) is 18.2 Å². The zero-order valence-corrected chi connectivity index (χ0v) is 16.3. The zero-order chi connectivity index (χ0) is 20.0. The van der Waals surface area contributed by atoms with Gasteiger partial charge in [-0.3, -0.25) is 4.79 Å². The molecule has 0 aliphatic carbocycles. The number of amides is 1. The average molecular weight is 390 g/mol. The molecule has 0 saturated heterocycles. The molecule has 0 fully saturated rings. The van der Waals surface area contributed by atoms with Crippen molar-refractivity contribution in [3.63, 3.8) is 0 Å². The van der Waals surface area contributed by atoms with Crippen molar-refractivity contribution < 1.29 is 17.9 Å². The topological polar surface area (TPSA) is 104 Å². The first-order valence-electron chi connectivity index (χ1n) is 8.41. The Hall–Kier alpha value is -2.83. The molecule has 0 atom stereocenters. The van der Waals surface area contributed by atoms with E-state index in [2.05, 4.69) is 5.32 Å². The average Bonchev–Trinajstić information content (AvgIpc) is 3.04. The van der Waals surface area contributed by atoms with Crippen molar-refractivity contribution in [1.82, 2.24) is 8.87 Å². The molecule has 0 saturated carbocycles. The molecule has 0 bridgehead atoms. The summed E-state index contributed by atoms with van der Waals surface area (Å²) < 4.78 is 33.3. The summed E-state index contributed by atoms with van der Waals surface area (Å²) in [5.74, 6) is 0.00182. The van der Waals surface area contributed by atoms with Crippen molar-refractivity contribution >= 4 is 21.6 Å². The summed E-state index contributed by atoms with van der Waals surface area (Å²) in [6.07, 6.45) is 1.43. The van der Waals surface area contributed by atoms with Crippen LogP contribution in [0.4, 0.5) is 5.69 Å². The van der Waals surface area contributed by atoms with E-state index in [1.807, 2.05) is 6.07 Å². The van der Waals surface area contributed by atoms with Gasteiger partial charge in [-0.25, -0.2) is 8.42 Å². The van der Waals surface area contributed by atoms with Crippen LogP contribution in [0.5, 0.6) is 5.75 Å². The summed E-state index contributed by atoms with van der Waals surface area (Å²) in [6, 6.07) is 9.85. The number of carbonyl (C=O) groups is 1. The van der Waals surface area contributed by atoms with Crippen LogP contribution in [0.25, 0.3) is 0 Å². The fraction of sp³-hybridized carbons (Fsp3) is 0.333. The summed E-state index contributed by atoms with van der Waals surface area (Å²) in [4.78, 5) is 12.6. The van der Waals surface area contributed by atoms with Crippen molar-refractivity contribution in [1.29, 1.82) is 5.26 Å². The van der Waals surface area contributed by atoms with Crippen LogP contribution in [-0.2, 0) is 17.1 Å². The minimum Gasteiger partial charge on any atom is -0.479 e. The van der Waals surface area contributed by atoms with E-state index in [4.69, 9.17) is 10.00 Å². The Kier molecular flexibility index (Phi) is 6.60. The van der Waals surface area contributed by atoms with Crippen molar-refractivity contribution in [2.24, 2.45) is 7.05 Å². The van der Waals surface area contributed by atoms with Crippen molar-refractivity contribution in [3.05, 3.63) is 42.2 Å². The van der Waals surface area contributed by atoms with Gasteiger partial charge in [0.2, 0.25) is 10.0 Å². The van der Waals surface area contributed by atoms with E-state index in [0.29, 0.717) is 24.5 Å². The van der Waals surface area contributed by atoms with E-state index in [1.54, 1.807) is 45.2 Å². The van der Waals surface area contributed by atoms with Gasteiger partial charge in [-0.1, -0.05) is 19.9 Å². The highest BCUT2D eigenvalue weighted by Crippen LogP contribution is 2.21. The van der Waals surface area contributed by atoms with Gasteiger partial charge in [-0.15, -0.1) is 0 Å². The number of aromatic nitrogens is 1. The van der Waals surface area contributed by atoms with E-state index >= 15 is 0 Å². The van der Waals surface area contributed by atoms with Crippen LogP contribution < -0.4 is 10.1 Å². The highest BCUT2D eigenvalue weighted by Gasteiger charge is 2.25. The molecule has 144 valence electrons.